The van der Waals surface area contributed by atoms with Gasteiger partial charge in [0.25, 0.3) is 5.91 Å². The Morgan fingerprint density at radius 2 is 2.00 bits per heavy atom. The summed E-state index contributed by atoms with van der Waals surface area (Å²) in [6.07, 6.45) is 3.28. The highest BCUT2D eigenvalue weighted by molar-refractivity contribution is 6.05. The van der Waals surface area contributed by atoms with Crippen LogP contribution in [0.1, 0.15) is 29.8 Å². The van der Waals surface area contributed by atoms with Crippen LogP contribution in [0.2, 0.25) is 0 Å². The van der Waals surface area contributed by atoms with E-state index in [0.29, 0.717) is 17.0 Å². The van der Waals surface area contributed by atoms with Crippen LogP contribution in [-0.2, 0) is 0 Å². The number of pyridine rings is 1. The van der Waals surface area contributed by atoms with Crippen molar-refractivity contribution in [3.05, 3.63) is 53.9 Å². The van der Waals surface area contributed by atoms with Gasteiger partial charge in [0.1, 0.15) is 5.75 Å². The Hall–Kier alpha value is -2.36. The maximum atomic E-state index is 12.3. The first-order valence-corrected chi connectivity index (χ1v) is 6.55. The minimum Gasteiger partial charge on any atom is -0.489 e. The SMILES string of the molecule is Cc1ccncc1C(=O)Nc1ccccc1OC(C)C. The van der Waals surface area contributed by atoms with E-state index in [2.05, 4.69) is 10.3 Å². The monoisotopic (exact) mass is 270 g/mol. The van der Waals surface area contributed by atoms with E-state index in [4.69, 9.17) is 4.74 Å². The lowest BCUT2D eigenvalue weighted by molar-refractivity contribution is 0.102. The second-order valence-electron chi connectivity index (χ2n) is 4.81. The third-order valence-corrected chi connectivity index (χ3v) is 2.78. The second kappa shape index (κ2) is 6.19. The zero-order valence-corrected chi connectivity index (χ0v) is 11.9. The van der Waals surface area contributed by atoms with Gasteiger partial charge in [-0.15, -0.1) is 0 Å². The first-order chi connectivity index (χ1) is 9.58. The fourth-order valence-corrected chi connectivity index (χ4v) is 1.82. The second-order valence-corrected chi connectivity index (χ2v) is 4.81. The van der Waals surface area contributed by atoms with Gasteiger partial charge in [0.15, 0.2) is 0 Å². The molecule has 1 aromatic carbocycles. The minimum absolute atomic E-state index is 0.0492. The quantitative estimate of drug-likeness (QED) is 0.926. The normalized spacial score (nSPS) is 10.4. The van der Waals surface area contributed by atoms with Gasteiger partial charge in [0, 0.05) is 12.4 Å². The van der Waals surface area contributed by atoms with E-state index < -0.39 is 0 Å². The van der Waals surface area contributed by atoms with Crippen molar-refractivity contribution < 1.29 is 9.53 Å². The fraction of sp³-hybridized carbons (Fsp3) is 0.250. The summed E-state index contributed by atoms with van der Waals surface area (Å²) < 4.78 is 5.68. The molecule has 0 radical (unpaired) electrons. The number of carbonyl (C=O) groups is 1. The molecule has 2 rings (SSSR count). The van der Waals surface area contributed by atoms with E-state index in [0.717, 1.165) is 5.56 Å². The summed E-state index contributed by atoms with van der Waals surface area (Å²) >= 11 is 0. The molecule has 0 aliphatic heterocycles. The van der Waals surface area contributed by atoms with Crippen LogP contribution in [0.4, 0.5) is 5.69 Å². The third kappa shape index (κ3) is 3.35. The number of rotatable bonds is 4. The third-order valence-electron chi connectivity index (χ3n) is 2.78. The largest absolute Gasteiger partial charge is 0.489 e. The lowest BCUT2D eigenvalue weighted by atomic mass is 10.1. The smallest absolute Gasteiger partial charge is 0.257 e. The Labute approximate surface area is 118 Å². The first kappa shape index (κ1) is 14.1. The van der Waals surface area contributed by atoms with Gasteiger partial charge in [-0.05, 0) is 44.5 Å². The molecule has 0 aliphatic rings. The maximum absolute atomic E-state index is 12.3. The molecule has 0 saturated carbocycles. The molecule has 0 aliphatic carbocycles. The summed E-state index contributed by atoms with van der Waals surface area (Å²) in [5, 5.41) is 2.87. The summed E-state index contributed by atoms with van der Waals surface area (Å²) in [6, 6.07) is 9.21. The Kier molecular flexibility index (Phi) is 4.35. The molecule has 1 heterocycles. The van der Waals surface area contributed by atoms with Crippen molar-refractivity contribution in [2.75, 3.05) is 5.32 Å². The summed E-state index contributed by atoms with van der Waals surface area (Å²) in [5.41, 5.74) is 2.11. The molecule has 104 valence electrons. The molecule has 1 N–H and O–H groups in total. The standard InChI is InChI=1S/C16H18N2O2/c1-11(2)20-15-7-5-4-6-14(15)18-16(19)13-10-17-9-8-12(13)3/h4-11H,1-3H3,(H,18,19). The van der Waals surface area contributed by atoms with E-state index in [9.17, 15) is 4.79 Å². The number of benzene rings is 1. The zero-order chi connectivity index (χ0) is 14.5. The van der Waals surface area contributed by atoms with Crippen molar-refractivity contribution in [3.63, 3.8) is 0 Å². The number of anilines is 1. The Bertz CT molecular complexity index is 609. The molecular weight excluding hydrogens is 252 g/mol. The van der Waals surface area contributed by atoms with E-state index in [-0.39, 0.29) is 12.0 Å². The lowest BCUT2D eigenvalue weighted by Gasteiger charge is -2.15. The Morgan fingerprint density at radius 3 is 2.70 bits per heavy atom. The number of aryl methyl sites for hydroxylation is 1. The molecule has 0 bridgehead atoms. The fourth-order valence-electron chi connectivity index (χ4n) is 1.82. The van der Waals surface area contributed by atoms with E-state index >= 15 is 0 Å². The number of carbonyl (C=O) groups excluding carboxylic acids is 1. The maximum Gasteiger partial charge on any atom is 0.257 e. The Morgan fingerprint density at radius 1 is 1.25 bits per heavy atom. The molecular formula is C16H18N2O2. The van der Waals surface area contributed by atoms with Crippen molar-refractivity contribution in [2.24, 2.45) is 0 Å². The number of ether oxygens (including phenoxy) is 1. The average Bonchev–Trinajstić information content (AvgIpc) is 2.41. The van der Waals surface area contributed by atoms with Crippen LogP contribution in [0.25, 0.3) is 0 Å². The van der Waals surface area contributed by atoms with Crippen LogP contribution >= 0.6 is 0 Å². The van der Waals surface area contributed by atoms with Crippen LogP contribution < -0.4 is 10.1 Å². The van der Waals surface area contributed by atoms with Gasteiger partial charge in [-0.25, -0.2) is 0 Å². The summed E-state index contributed by atoms with van der Waals surface area (Å²) in [6.45, 7) is 5.78. The van der Waals surface area contributed by atoms with Crippen molar-refractivity contribution in [1.82, 2.24) is 4.98 Å². The number of amides is 1. The number of para-hydroxylation sites is 2. The molecule has 2 aromatic rings. The Balaban J connectivity index is 2.22. The predicted molar refractivity (Wildman–Crippen MR) is 79.1 cm³/mol. The molecule has 1 aromatic heterocycles. The van der Waals surface area contributed by atoms with Crippen LogP contribution in [-0.4, -0.2) is 17.0 Å². The van der Waals surface area contributed by atoms with Gasteiger partial charge in [0.05, 0.1) is 17.4 Å². The molecule has 4 nitrogen and oxygen atoms in total. The molecule has 0 unspecified atom stereocenters. The van der Waals surface area contributed by atoms with Crippen molar-refractivity contribution in [1.29, 1.82) is 0 Å². The molecule has 0 atom stereocenters. The van der Waals surface area contributed by atoms with Crippen molar-refractivity contribution in [3.8, 4) is 5.75 Å². The van der Waals surface area contributed by atoms with Gasteiger partial charge < -0.3 is 10.1 Å². The van der Waals surface area contributed by atoms with Crippen LogP contribution in [0.5, 0.6) is 5.75 Å². The molecule has 0 spiro atoms. The number of hydrogen-bond donors (Lipinski definition) is 1. The van der Waals surface area contributed by atoms with Gasteiger partial charge in [-0.2, -0.15) is 0 Å². The molecule has 1 amide bonds. The van der Waals surface area contributed by atoms with E-state index in [1.807, 2.05) is 51.1 Å². The van der Waals surface area contributed by atoms with E-state index in [1.54, 1.807) is 12.4 Å². The van der Waals surface area contributed by atoms with Crippen LogP contribution in [0.15, 0.2) is 42.7 Å². The molecule has 0 saturated heterocycles. The molecule has 4 heteroatoms. The zero-order valence-electron chi connectivity index (χ0n) is 11.9. The predicted octanol–water partition coefficient (Wildman–Crippen LogP) is 3.43. The van der Waals surface area contributed by atoms with Crippen LogP contribution in [0.3, 0.4) is 0 Å². The highest BCUT2D eigenvalue weighted by Crippen LogP contribution is 2.25. The average molecular weight is 270 g/mol. The van der Waals surface area contributed by atoms with E-state index in [1.165, 1.54) is 0 Å². The van der Waals surface area contributed by atoms with Gasteiger partial charge in [0.2, 0.25) is 0 Å². The minimum atomic E-state index is -0.185. The van der Waals surface area contributed by atoms with Crippen molar-refractivity contribution >= 4 is 11.6 Å². The highest BCUT2D eigenvalue weighted by Gasteiger charge is 2.12. The summed E-state index contributed by atoms with van der Waals surface area (Å²) in [5.74, 6) is 0.479. The molecule has 20 heavy (non-hydrogen) atoms. The lowest BCUT2D eigenvalue weighted by Crippen LogP contribution is -2.15. The van der Waals surface area contributed by atoms with Gasteiger partial charge >= 0.3 is 0 Å². The van der Waals surface area contributed by atoms with Crippen LogP contribution in [0, 0.1) is 6.92 Å². The number of aromatic nitrogens is 1. The van der Waals surface area contributed by atoms with Crippen molar-refractivity contribution in [2.45, 2.75) is 26.9 Å². The summed E-state index contributed by atoms with van der Waals surface area (Å²) in [7, 11) is 0. The highest BCUT2D eigenvalue weighted by atomic mass is 16.5. The molecule has 0 fully saturated rings. The topological polar surface area (TPSA) is 51.2 Å². The summed E-state index contributed by atoms with van der Waals surface area (Å²) in [4.78, 5) is 16.3. The number of hydrogen-bond acceptors (Lipinski definition) is 3. The van der Waals surface area contributed by atoms with Gasteiger partial charge in [-0.1, -0.05) is 12.1 Å². The van der Waals surface area contributed by atoms with Gasteiger partial charge in [-0.3, -0.25) is 9.78 Å². The first-order valence-electron chi connectivity index (χ1n) is 6.55. The number of nitrogens with one attached hydrogen (secondary N) is 1. The number of nitrogens with zero attached hydrogens (tertiary/aromatic N) is 1.